The fraction of sp³-hybridized carbons (Fsp3) is 0.929. The maximum absolute atomic E-state index is 10.4. The van der Waals surface area contributed by atoms with Crippen LogP contribution in [0, 0.1) is 34.5 Å². The van der Waals surface area contributed by atoms with Crippen molar-refractivity contribution in [3.8, 4) is 0 Å². The van der Waals surface area contributed by atoms with E-state index in [-0.39, 0.29) is 11.5 Å². The van der Waals surface area contributed by atoms with E-state index in [1.807, 2.05) is 0 Å². The Morgan fingerprint density at radius 3 is 2.56 bits per heavy atom. The average molecular weight is 223 g/mol. The maximum atomic E-state index is 10.4. The van der Waals surface area contributed by atoms with Crippen molar-refractivity contribution in [1.82, 2.24) is 0 Å². The molecule has 0 aromatic rings. The predicted octanol–water partition coefficient (Wildman–Crippen LogP) is 3.10. The summed E-state index contributed by atoms with van der Waals surface area (Å²) in [5.74, 6) is 2.75. The van der Waals surface area contributed by atoms with Crippen LogP contribution in [0.3, 0.4) is 0 Å². The molecule has 92 valence electrons. The first-order valence-corrected chi connectivity index (χ1v) is 6.76. The minimum Gasteiger partial charge on any atom is -0.392 e. The van der Waals surface area contributed by atoms with Crippen LogP contribution in [0.15, 0.2) is 0 Å². The summed E-state index contributed by atoms with van der Waals surface area (Å²) in [6, 6.07) is 0. The van der Waals surface area contributed by atoms with Crippen molar-refractivity contribution in [3.63, 3.8) is 0 Å². The topological polar surface area (TPSA) is 44.1 Å². The fourth-order valence-electron chi connectivity index (χ4n) is 4.32. The lowest BCUT2D eigenvalue weighted by atomic mass is 9.63. The highest BCUT2D eigenvalue weighted by molar-refractivity contribution is 5.65. The van der Waals surface area contributed by atoms with Gasteiger partial charge in [0.25, 0.3) is 0 Å². The summed E-state index contributed by atoms with van der Waals surface area (Å²) in [6.07, 6.45) is 5.43. The predicted molar refractivity (Wildman–Crippen MR) is 66.7 cm³/mol. The Kier molecular flexibility index (Phi) is 3.13. The highest BCUT2D eigenvalue weighted by Gasteiger charge is 2.58. The van der Waals surface area contributed by atoms with Gasteiger partial charge < -0.3 is 10.5 Å². The molecule has 0 heterocycles. The second-order valence-corrected chi connectivity index (χ2v) is 6.09. The van der Waals surface area contributed by atoms with Gasteiger partial charge in [-0.1, -0.05) is 27.2 Å². The van der Waals surface area contributed by atoms with Crippen molar-refractivity contribution in [2.75, 3.05) is 0 Å². The smallest absolute Gasteiger partial charge is 0.0648 e. The first kappa shape index (κ1) is 12.1. The molecule has 5 unspecified atom stereocenters. The van der Waals surface area contributed by atoms with Gasteiger partial charge >= 0.3 is 0 Å². The Morgan fingerprint density at radius 2 is 2.12 bits per heavy atom. The van der Waals surface area contributed by atoms with Gasteiger partial charge in [-0.2, -0.15) is 0 Å². The highest BCUT2D eigenvalue weighted by atomic mass is 16.3. The molecular formula is C14H25NO. The summed E-state index contributed by atoms with van der Waals surface area (Å²) in [4.78, 5) is 0. The van der Waals surface area contributed by atoms with Crippen molar-refractivity contribution in [1.29, 1.82) is 5.41 Å². The Bertz CT molecular complexity index is 276. The van der Waals surface area contributed by atoms with Crippen molar-refractivity contribution in [2.45, 2.75) is 52.6 Å². The van der Waals surface area contributed by atoms with Gasteiger partial charge in [0, 0.05) is 11.6 Å². The lowest BCUT2D eigenvalue weighted by molar-refractivity contribution is 0.00198. The molecule has 2 aliphatic rings. The molecule has 0 saturated heterocycles. The van der Waals surface area contributed by atoms with Gasteiger partial charge in [0.15, 0.2) is 0 Å². The van der Waals surface area contributed by atoms with E-state index in [9.17, 15) is 5.11 Å². The van der Waals surface area contributed by atoms with Crippen molar-refractivity contribution < 1.29 is 5.11 Å². The van der Waals surface area contributed by atoms with E-state index in [2.05, 4.69) is 20.8 Å². The summed E-state index contributed by atoms with van der Waals surface area (Å²) in [7, 11) is 0. The first-order chi connectivity index (χ1) is 7.56. The molecule has 2 aliphatic carbocycles. The van der Waals surface area contributed by atoms with E-state index in [4.69, 9.17) is 5.41 Å². The Morgan fingerprint density at radius 1 is 1.44 bits per heavy atom. The summed E-state index contributed by atoms with van der Waals surface area (Å²) in [5, 5.41) is 18.2. The third-order valence-corrected chi connectivity index (χ3v) is 5.52. The SMILES string of the molecule is CCC[C@H](O)C1(C=N)CC2CC1C(C)C2C. The van der Waals surface area contributed by atoms with Crippen LogP contribution in [-0.4, -0.2) is 17.4 Å². The van der Waals surface area contributed by atoms with Gasteiger partial charge in [-0.15, -0.1) is 0 Å². The van der Waals surface area contributed by atoms with E-state index in [1.54, 1.807) is 6.21 Å². The van der Waals surface area contributed by atoms with Crippen molar-refractivity contribution in [3.05, 3.63) is 0 Å². The number of rotatable bonds is 4. The van der Waals surface area contributed by atoms with E-state index < -0.39 is 0 Å². The summed E-state index contributed by atoms with van der Waals surface area (Å²) < 4.78 is 0. The largest absolute Gasteiger partial charge is 0.392 e. The quantitative estimate of drug-likeness (QED) is 0.707. The Hall–Kier alpha value is -0.370. The van der Waals surface area contributed by atoms with Crippen LogP contribution in [-0.2, 0) is 0 Å². The van der Waals surface area contributed by atoms with Crippen LogP contribution in [0.4, 0.5) is 0 Å². The average Bonchev–Trinajstić information content (AvgIpc) is 2.78. The standard InChI is InChI=1S/C14H25NO/c1-4-5-13(16)14(8-15)7-11-6-12(14)10(3)9(11)2/h8-13,15-16H,4-7H2,1-3H3/t9?,10?,11?,12?,13-,14?/m0/s1. The molecule has 2 saturated carbocycles. The monoisotopic (exact) mass is 223 g/mol. The zero-order chi connectivity index (χ0) is 11.9. The molecule has 2 bridgehead atoms. The summed E-state index contributed by atoms with van der Waals surface area (Å²) >= 11 is 0. The zero-order valence-electron chi connectivity index (χ0n) is 10.7. The third kappa shape index (κ3) is 1.46. The van der Waals surface area contributed by atoms with E-state index >= 15 is 0 Å². The molecule has 2 rings (SSSR count). The number of hydrogen-bond donors (Lipinski definition) is 2. The fourth-order valence-corrected chi connectivity index (χ4v) is 4.32. The normalized spacial score (nSPS) is 48.2. The van der Waals surface area contributed by atoms with Gasteiger partial charge in [-0.05, 0) is 42.9 Å². The highest BCUT2D eigenvalue weighted by Crippen LogP contribution is 2.61. The third-order valence-electron chi connectivity index (χ3n) is 5.52. The molecule has 0 aromatic heterocycles. The maximum Gasteiger partial charge on any atom is 0.0648 e. The molecule has 16 heavy (non-hydrogen) atoms. The van der Waals surface area contributed by atoms with Gasteiger partial charge in [-0.3, -0.25) is 0 Å². The van der Waals surface area contributed by atoms with Crippen LogP contribution in [0.1, 0.15) is 46.5 Å². The van der Waals surface area contributed by atoms with E-state index in [1.165, 1.54) is 6.42 Å². The number of fused-ring (bicyclic) bond motifs is 2. The summed E-state index contributed by atoms with van der Waals surface area (Å²) in [5.41, 5.74) is -0.188. The molecule has 6 atom stereocenters. The molecule has 2 N–H and O–H groups in total. The first-order valence-electron chi connectivity index (χ1n) is 6.76. The second kappa shape index (κ2) is 4.14. The minimum absolute atomic E-state index is 0.188. The van der Waals surface area contributed by atoms with Crippen LogP contribution in [0.5, 0.6) is 0 Å². The molecule has 0 amide bonds. The molecule has 0 aliphatic heterocycles. The van der Waals surface area contributed by atoms with Crippen molar-refractivity contribution in [2.24, 2.45) is 29.1 Å². The van der Waals surface area contributed by atoms with Crippen LogP contribution in [0.2, 0.25) is 0 Å². The molecule has 0 aromatic carbocycles. The molecule has 0 spiro atoms. The number of nitrogens with one attached hydrogen (secondary N) is 1. The molecule has 2 heteroatoms. The minimum atomic E-state index is -0.292. The van der Waals surface area contributed by atoms with Gasteiger partial charge in [0.05, 0.1) is 6.10 Å². The van der Waals surface area contributed by atoms with Gasteiger partial charge in [-0.25, -0.2) is 0 Å². The van der Waals surface area contributed by atoms with E-state index in [0.29, 0.717) is 11.8 Å². The van der Waals surface area contributed by atoms with Gasteiger partial charge in [0.2, 0.25) is 0 Å². The lowest BCUT2D eigenvalue weighted by Crippen LogP contribution is -2.45. The number of aliphatic hydroxyl groups is 1. The van der Waals surface area contributed by atoms with Gasteiger partial charge in [0.1, 0.15) is 0 Å². The number of aliphatic hydroxyl groups excluding tert-OH is 1. The second-order valence-electron chi connectivity index (χ2n) is 6.09. The Balaban J connectivity index is 2.22. The Labute approximate surface area is 99.0 Å². The van der Waals surface area contributed by atoms with E-state index in [0.717, 1.165) is 31.1 Å². The van der Waals surface area contributed by atoms with Crippen LogP contribution >= 0.6 is 0 Å². The van der Waals surface area contributed by atoms with Crippen molar-refractivity contribution >= 4 is 6.21 Å². The van der Waals surface area contributed by atoms with Crippen LogP contribution < -0.4 is 0 Å². The molecular weight excluding hydrogens is 198 g/mol. The number of hydrogen-bond acceptors (Lipinski definition) is 2. The zero-order valence-corrected chi connectivity index (χ0v) is 10.7. The summed E-state index contributed by atoms with van der Waals surface area (Å²) in [6.45, 7) is 6.76. The van der Waals surface area contributed by atoms with Crippen LogP contribution in [0.25, 0.3) is 0 Å². The lowest BCUT2D eigenvalue weighted by Gasteiger charge is -2.43. The molecule has 2 fully saturated rings. The molecule has 2 nitrogen and oxygen atoms in total. The molecule has 0 radical (unpaired) electrons.